The van der Waals surface area contributed by atoms with Gasteiger partial charge in [0.25, 0.3) is 0 Å². The van der Waals surface area contributed by atoms with Crippen LogP contribution in [0.3, 0.4) is 0 Å². The molecule has 22 heavy (non-hydrogen) atoms. The van der Waals surface area contributed by atoms with Gasteiger partial charge in [0.1, 0.15) is 5.82 Å². The van der Waals surface area contributed by atoms with Crippen LogP contribution in [-0.4, -0.2) is 27.8 Å². The molecule has 1 atom stereocenters. The molecular weight excluding hydrogens is 303 g/mol. The minimum Gasteiger partial charge on any atom is -0.332 e. The number of carbonyl (C=O) groups is 1. The maximum Gasteiger partial charge on any atom is 0.322 e. The number of nitrogens with two attached hydrogens (primary N) is 1. The summed E-state index contributed by atoms with van der Waals surface area (Å²) in [6, 6.07) is 2.53. The van der Waals surface area contributed by atoms with Gasteiger partial charge >= 0.3 is 6.03 Å². The van der Waals surface area contributed by atoms with Crippen molar-refractivity contribution in [3.05, 3.63) is 53.1 Å². The van der Waals surface area contributed by atoms with Crippen LogP contribution >= 0.6 is 11.8 Å². The van der Waals surface area contributed by atoms with E-state index in [1.165, 1.54) is 18.3 Å². The highest BCUT2D eigenvalue weighted by Crippen LogP contribution is 2.37. The summed E-state index contributed by atoms with van der Waals surface area (Å²) in [5.41, 5.74) is 6.71. The molecular formula is C15H19FN4OS. The predicted octanol–water partition coefficient (Wildman–Crippen LogP) is 2.57. The van der Waals surface area contributed by atoms with Gasteiger partial charge in [-0.3, -0.25) is 9.88 Å². The van der Waals surface area contributed by atoms with Gasteiger partial charge in [-0.15, -0.1) is 0 Å². The molecule has 0 aliphatic carbocycles. The fourth-order valence-corrected chi connectivity index (χ4v) is 3.18. The van der Waals surface area contributed by atoms with Crippen LogP contribution in [0.15, 0.2) is 41.6 Å². The van der Waals surface area contributed by atoms with Gasteiger partial charge in [-0.1, -0.05) is 18.3 Å². The molecule has 0 saturated heterocycles. The monoisotopic (exact) mass is 322 g/mol. The van der Waals surface area contributed by atoms with Gasteiger partial charge in [-0.05, 0) is 37.6 Å². The summed E-state index contributed by atoms with van der Waals surface area (Å²) in [6.45, 7) is 6.30. The molecule has 2 heterocycles. The number of pyridine rings is 1. The molecule has 0 spiro atoms. The number of nitrogens with one attached hydrogen (secondary N) is 1. The fraction of sp³-hybridized carbons (Fsp3) is 0.333. The third-order valence-corrected chi connectivity index (χ3v) is 4.58. The molecule has 1 aromatic heterocycles. The molecule has 0 saturated carbocycles. The largest absolute Gasteiger partial charge is 0.332 e. The first-order valence-electron chi connectivity index (χ1n) is 6.93. The second kappa shape index (κ2) is 7.42. The molecule has 1 aliphatic rings. The lowest BCUT2D eigenvalue weighted by Crippen LogP contribution is -2.40. The van der Waals surface area contributed by atoms with Crippen molar-refractivity contribution in [2.75, 3.05) is 6.54 Å². The number of thioether (sulfide) groups is 1. The third-order valence-electron chi connectivity index (χ3n) is 3.14. The highest BCUT2D eigenvalue weighted by Gasteiger charge is 2.29. The average molecular weight is 322 g/mol. The molecule has 7 heteroatoms. The van der Waals surface area contributed by atoms with Crippen molar-refractivity contribution >= 4 is 17.8 Å². The number of halogens is 1. The number of allylic oxidation sites excluding steroid dienone is 1. The van der Waals surface area contributed by atoms with Crippen LogP contribution in [0, 0.1) is 5.82 Å². The highest BCUT2D eigenvalue weighted by molar-refractivity contribution is 8.04. The summed E-state index contributed by atoms with van der Waals surface area (Å²) in [5, 5.41) is 2.62. The number of urea groups is 1. The van der Waals surface area contributed by atoms with E-state index < -0.39 is 5.82 Å². The minimum atomic E-state index is -0.435. The average Bonchev–Trinajstić information content (AvgIpc) is 2.91. The van der Waals surface area contributed by atoms with Gasteiger partial charge in [-0.2, -0.15) is 0 Å². The Hall–Kier alpha value is -1.86. The Morgan fingerprint density at radius 3 is 3.05 bits per heavy atom. The van der Waals surface area contributed by atoms with E-state index in [0.29, 0.717) is 13.0 Å². The zero-order chi connectivity index (χ0) is 16.1. The van der Waals surface area contributed by atoms with E-state index in [9.17, 15) is 9.18 Å². The van der Waals surface area contributed by atoms with Crippen molar-refractivity contribution in [3.8, 4) is 0 Å². The van der Waals surface area contributed by atoms with Crippen molar-refractivity contribution in [1.29, 1.82) is 0 Å². The molecule has 0 radical (unpaired) electrons. The molecule has 1 aromatic rings. The first-order chi connectivity index (χ1) is 10.5. The number of amides is 2. The number of hydrogen-bond donors (Lipinski definition) is 2. The quantitative estimate of drug-likeness (QED) is 0.874. The minimum absolute atomic E-state index is 0.0399. The summed E-state index contributed by atoms with van der Waals surface area (Å²) in [6.07, 6.45) is 3.92. The fourth-order valence-electron chi connectivity index (χ4n) is 1.98. The summed E-state index contributed by atoms with van der Waals surface area (Å²) in [4.78, 5) is 18.8. The molecule has 1 unspecified atom stereocenters. The summed E-state index contributed by atoms with van der Waals surface area (Å²) in [5.74, 6) is -0.435. The number of hydrogen-bond acceptors (Lipinski definition) is 4. The molecule has 3 N–H and O–H groups in total. The first kappa shape index (κ1) is 16.5. The predicted molar refractivity (Wildman–Crippen MR) is 86.2 cm³/mol. The maximum atomic E-state index is 13.5. The van der Waals surface area contributed by atoms with E-state index in [4.69, 9.17) is 5.73 Å². The molecule has 118 valence electrons. The second-order valence-corrected chi connectivity index (χ2v) is 6.14. The van der Waals surface area contributed by atoms with Crippen molar-refractivity contribution < 1.29 is 9.18 Å². The molecule has 1 aliphatic heterocycles. The van der Waals surface area contributed by atoms with Gasteiger partial charge < -0.3 is 11.1 Å². The molecule has 2 amide bonds. The third kappa shape index (κ3) is 3.86. The SMILES string of the molecule is C=C(C)C1=CN(C(=O)NCc2ncccc2F)C(CCN)S1. The lowest BCUT2D eigenvalue weighted by Gasteiger charge is -2.22. The van der Waals surface area contributed by atoms with E-state index in [2.05, 4.69) is 16.9 Å². The summed E-state index contributed by atoms with van der Waals surface area (Å²) in [7, 11) is 0. The van der Waals surface area contributed by atoms with Crippen LogP contribution in [-0.2, 0) is 6.54 Å². The van der Waals surface area contributed by atoms with Crippen LogP contribution in [0.25, 0.3) is 0 Å². The number of nitrogens with zero attached hydrogens (tertiary/aromatic N) is 2. The van der Waals surface area contributed by atoms with Gasteiger partial charge in [0.05, 0.1) is 17.6 Å². The van der Waals surface area contributed by atoms with Crippen LogP contribution in [0.4, 0.5) is 9.18 Å². The van der Waals surface area contributed by atoms with Gasteiger partial charge in [-0.25, -0.2) is 9.18 Å². The van der Waals surface area contributed by atoms with Crippen molar-refractivity contribution in [2.24, 2.45) is 5.73 Å². The van der Waals surface area contributed by atoms with Crippen LogP contribution < -0.4 is 11.1 Å². The van der Waals surface area contributed by atoms with Gasteiger partial charge in [0, 0.05) is 17.3 Å². The zero-order valence-corrected chi connectivity index (χ0v) is 13.2. The second-order valence-electron chi connectivity index (χ2n) is 4.92. The number of aromatic nitrogens is 1. The van der Waals surface area contributed by atoms with E-state index in [-0.39, 0.29) is 23.6 Å². The topological polar surface area (TPSA) is 71.2 Å². The molecule has 0 aromatic carbocycles. The number of rotatable bonds is 5. The van der Waals surface area contributed by atoms with Crippen LogP contribution in [0.5, 0.6) is 0 Å². The molecule has 5 nitrogen and oxygen atoms in total. The van der Waals surface area contributed by atoms with Crippen molar-refractivity contribution in [1.82, 2.24) is 15.2 Å². The molecule has 0 bridgehead atoms. The zero-order valence-electron chi connectivity index (χ0n) is 12.4. The normalized spacial score (nSPS) is 17.3. The van der Waals surface area contributed by atoms with E-state index in [1.807, 2.05) is 6.92 Å². The maximum absolute atomic E-state index is 13.5. The smallest absolute Gasteiger partial charge is 0.322 e. The number of carbonyl (C=O) groups excluding carboxylic acids is 1. The van der Waals surface area contributed by atoms with Crippen LogP contribution in [0.1, 0.15) is 19.0 Å². The lowest BCUT2D eigenvalue weighted by molar-refractivity contribution is 0.211. The Labute approximate surface area is 133 Å². The van der Waals surface area contributed by atoms with E-state index in [0.717, 1.165) is 10.5 Å². The van der Waals surface area contributed by atoms with E-state index in [1.54, 1.807) is 22.9 Å². The lowest BCUT2D eigenvalue weighted by atomic mass is 10.3. The Morgan fingerprint density at radius 1 is 1.64 bits per heavy atom. The van der Waals surface area contributed by atoms with Crippen molar-refractivity contribution in [3.63, 3.8) is 0 Å². The Morgan fingerprint density at radius 2 is 2.41 bits per heavy atom. The van der Waals surface area contributed by atoms with Crippen LogP contribution in [0.2, 0.25) is 0 Å². The highest BCUT2D eigenvalue weighted by atomic mass is 32.2. The summed E-state index contributed by atoms with van der Waals surface area (Å²) < 4.78 is 13.5. The molecule has 0 fully saturated rings. The molecule has 2 rings (SSSR count). The van der Waals surface area contributed by atoms with E-state index >= 15 is 0 Å². The Kier molecular flexibility index (Phi) is 5.57. The first-order valence-corrected chi connectivity index (χ1v) is 7.81. The van der Waals surface area contributed by atoms with Crippen molar-refractivity contribution in [2.45, 2.75) is 25.3 Å². The van der Waals surface area contributed by atoms with Gasteiger partial charge in [0.15, 0.2) is 0 Å². The van der Waals surface area contributed by atoms with Gasteiger partial charge in [0.2, 0.25) is 0 Å². The Balaban J connectivity index is 2.03. The summed E-state index contributed by atoms with van der Waals surface area (Å²) >= 11 is 1.56. The standard InChI is InChI=1S/C15H19FN4OS/c1-10(2)13-9-20(14(22-13)5-6-17)15(21)19-8-12-11(16)4-3-7-18-12/h3-4,7,9,14H,1,5-6,8,17H2,2H3,(H,19,21). The Bertz CT molecular complexity index is 605.